The van der Waals surface area contributed by atoms with E-state index in [1.165, 1.54) is 24.3 Å². The summed E-state index contributed by atoms with van der Waals surface area (Å²) < 4.78 is 54.8. The molecule has 2 aromatic carbocycles. The molecule has 0 spiro atoms. The quantitative estimate of drug-likeness (QED) is 0.776. The highest BCUT2D eigenvalue weighted by molar-refractivity contribution is 7.89. The fourth-order valence-electron chi connectivity index (χ4n) is 1.56. The van der Waals surface area contributed by atoms with Crippen LogP contribution >= 0.6 is 0 Å². The van der Waals surface area contributed by atoms with Crippen molar-refractivity contribution in [1.29, 1.82) is 0 Å². The van der Waals surface area contributed by atoms with Gasteiger partial charge in [-0.1, -0.05) is 12.1 Å². The van der Waals surface area contributed by atoms with Crippen LogP contribution in [0.5, 0.6) is 5.75 Å². The minimum atomic E-state index is -4.24. The summed E-state index contributed by atoms with van der Waals surface area (Å²) in [6, 6.07) is 9.63. The van der Waals surface area contributed by atoms with Gasteiger partial charge in [0.05, 0.1) is 0 Å². The van der Waals surface area contributed by atoms with Gasteiger partial charge in [0.15, 0.2) is 6.61 Å². The van der Waals surface area contributed by atoms with Crippen molar-refractivity contribution in [1.82, 2.24) is 10.3 Å². The summed E-state index contributed by atoms with van der Waals surface area (Å²) in [6.07, 6.45) is 0. The van der Waals surface area contributed by atoms with E-state index in [2.05, 4.69) is 0 Å². The van der Waals surface area contributed by atoms with Crippen molar-refractivity contribution in [3.8, 4) is 5.75 Å². The van der Waals surface area contributed by atoms with E-state index in [0.29, 0.717) is 0 Å². The average molecular weight is 342 g/mol. The van der Waals surface area contributed by atoms with E-state index < -0.39 is 39.1 Å². The Hall–Kier alpha value is -2.52. The Morgan fingerprint density at radius 3 is 2.35 bits per heavy atom. The number of nitrogens with one attached hydrogen (secondary N) is 2. The maximum Gasteiger partial charge on any atom is 0.272 e. The van der Waals surface area contributed by atoms with Crippen molar-refractivity contribution < 1.29 is 26.7 Å². The minimum absolute atomic E-state index is 0.235. The highest BCUT2D eigenvalue weighted by Gasteiger charge is 2.19. The molecule has 1 amide bonds. The molecule has 0 aliphatic carbocycles. The van der Waals surface area contributed by atoms with Gasteiger partial charge in [-0.2, -0.15) is 0 Å². The first-order valence-corrected chi connectivity index (χ1v) is 7.80. The number of hydrazine groups is 1. The monoisotopic (exact) mass is 342 g/mol. The number of sulfonamides is 1. The number of hydrogen-bond donors (Lipinski definition) is 2. The van der Waals surface area contributed by atoms with Gasteiger partial charge in [-0.3, -0.25) is 10.2 Å². The van der Waals surface area contributed by atoms with Crippen LogP contribution in [0.3, 0.4) is 0 Å². The Morgan fingerprint density at radius 2 is 1.70 bits per heavy atom. The zero-order valence-electron chi connectivity index (χ0n) is 11.6. The molecule has 2 rings (SSSR count). The molecule has 0 radical (unpaired) electrons. The van der Waals surface area contributed by atoms with Crippen LogP contribution in [-0.2, 0) is 14.8 Å². The van der Waals surface area contributed by atoms with Crippen LogP contribution in [0, 0.1) is 11.6 Å². The first-order chi connectivity index (χ1) is 10.9. The fraction of sp³-hybridized carbons (Fsp3) is 0.0714. The van der Waals surface area contributed by atoms with E-state index in [1.807, 2.05) is 5.43 Å². The largest absolute Gasteiger partial charge is 0.484 e. The predicted octanol–water partition coefficient (Wildman–Crippen LogP) is 1.35. The number of amides is 1. The molecule has 0 bridgehead atoms. The number of carbonyl (C=O) groups excluding carboxylic acids is 1. The number of halogens is 2. The summed E-state index contributed by atoms with van der Waals surface area (Å²) >= 11 is 0. The standard InChI is InChI=1S/C14H12F2N2O4S/c15-10-5-7-11(8-6-10)22-9-14(19)17-18-23(20,21)13-4-2-1-3-12(13)16/h1-8,18H,9H2,(H,17,19). The lowest BCUT2D eigenvalue weighted by Gasteiger charge is -2.10. The second-order valence-corrected chi connectivity index (χ2v) is 5.98. The zero-order valence-corrected chi connectivity index (χ0v) is 12.4. The normalized spacial score (nSPS) is 11.0. The van der Waals surface area contributed by atoms with Crippen LogP contribution < -0.4 is 15.0 Å². The molecule has 0 aliphatic heterocycles. The summed E-state index contributed by atoms with van der Waals surface area (Å²) in [4.78, 5) is 12.7. The molecule has 2 N–H and O–H groups in total. The molecular weight excluding hydrogens is 330 g/mol. The first-order valence-electron chi connectivity index (χ1n) is 6.32. The van der Waals surface area contributed by atoms with Crippen molar-refractivity contribution >= 4 is 15.9 Å². The smallest absolute Gasteiger partial charge is 0.272 e. The lowest BCUT2D eigenvalue weighted by molar-refractivity contribution is -0.123. The maximum atomic E-state index is 13.4. The highest BCUT2D eigenvalue weighted by Crippen LogP contribution is 2.12. The van der Waals surface area contributed by atoms with Crippen molar-refractivity contribution in [3.05, 3.63) is 60.2 Å². The van der Waals surface area contributed by atoms with Gasteiger partial charge in [-0.25, -0.2) is 17.2 Å². The van der Waals surface area contributed by atoms with Crippen LogP contribution in [0.25, 0.3) is 0 Å². The summed E-state index contributed by atoms with van der Waals surface area (Å²) in [5.74, 6) is -1.98. The molecule has 0 unspecified atom stereocenters. The van der Waals surface area contributed by atoms with Crippen molar-refractivity contribution in [3.63, 3.8) is 0 Å². The van der Waals surface area contributed by atoms with Crippen LogP contribution in [-0.4, -0.2) is 20.9 Å². The van der Waals surface area contributed by atoms with Crippen LogP contribution in [0.4, 0.5) is 8.78 Å². The molecule has 2 aromatic rings. The Bertz CT molecular complexity index is 795. The van der Waals surface area contributed by atoms with Gasteiger partial charge < -0.3 is 4.74 Å². The molecule has 9 heteroatoms. The van der Waals surface area contributed by atoms with Crippen LogP contribution in [0.1, 0.15) is 0 Å². The highest BCUT2D eigenvalue weighted by atomic mass is 32.2. The Morgan fingerprint density at radius 1 is 1.04 bits per heavy atom. The van der Waals surface area contributed by atoms with Crippen molar-refractivity contribution in [2.24, 2.45) is 0 Å². The van der Waals surface area contributed by atoms with E-state index in [1.54, 1.807) is 4.83 Å². The third-order valence-electron chi connectivity index (χ3n) is 2.63. The third kappa shape index (κ3) is 4.73. The summed E-state index contributed by atoms with van der Waals surface area (Å²) in [5, 5.41) is 0. The Balaban J connectivity index is 1.89. The molecule has 0 heterocycles. The van der Waals surface area contributed by atoms with E-state index in [4.69, 9.17) is 4.74 Å². The Labute approximate surface area is 131 Å². The van der Waals surface area contributed by atoms with Gasteiger partial charge in [0.2, 0.25) is 0 Å². The molecule has 122 valence electrons. The number of carbonyl (C=O) groups is 1. The van der Waals surface area contributed by atoms with Crippen molar-refractivity contribution in [2.45, 2.75) is 4.90 Å². The average Bonchev–Trinajstić information content (AvgIpc) is 2.53. The molecule has 0 fully saturated rings. The van der Waals surface area contributed by atoms with E-state index in [-0.39, 0.29) is 5.75 Å². The summed E-state index contributed by atoms with van der Waals surface area (Å²) in [5.41, 5.74) is 1.89. The third-order valence-corrected chi connectivity index (χ3v) is 3.92. The van der Waals surface area contributed by atoms with Gasteiger partial charge in [0, 0.05) is 0 Å². The summed E-state index contributed by atoms with van der Waals surface area (Å²) in [7, 11) is -4.24. The molecule has 0 atom stereocenters. The number of hydrogen-bond acceptors (Lipinski definition) is 4. The van der Waals surface area contributed by atoms with Gasteiger partial charge >= 0.3 is 0 Å². The van der Waals surface area contributed by atoms with E-state index in [0.717, 1.165) is 24.3 Å². The SMILES string of the molecule is O=C(COc1ccc(F)cc1)NNS(=O)(=O)c1ccccc1F. The molecule has 0 saturated heterocycles. The van der Waals surface area contributed by atoms with Gasteiger partial charge in [-0.15, -0.1) is 4.83 Å². The number of ether oxygens (including phenoxy) is 1. The maximum absolute atomic E-state index is 13.4. The van der Waals surface area contributed by atoms with Gasteiger partial charge in [0.1, 0.15) is 22.3 Å². The topological polar surface area (TPSA) is 84.5 Å². The first kappa shape index (κ1) is 16.8. The van der Waals surface area contributed by atoms with Gasteiger partial charge in [-0.05, 0) is 36.4 Å². The fourth-order valence-corrected chi connectivity index (χ4v) is 2.50. The molecular formula is C14H12F2N2O4S. The molecule has 6 nitrogen and oxygen atoms in total. The lowest BCUT2D eigenvalue weighted by Crippen LogP contribution is -2.43. The Kier molecular flexibility index (Phi) is 5.24. The van der Waals surface area contributed by atoms with Crippen molar-refractivity contribution in [2.75, 3.05) is 6.61 Å². The summed E-state index contributed by atoms with van der Waals surface area (Å²) in [6.45, 7) is -0.509. The van der Waals surface area contributed by atoms with Crippen LogP contribution in [0.15, 0.2) is 53.4 Å². The lowest BCUT2D eigenvalue weighted by atomic mass is 10.3. The number of benzene rings is 2. The van der Waals surface area contributed by atoms with Gasteiger partial charge in [0.25, 0.3) is 15.9 Å². The number of rotatable bonds is 6. The predicted molar refractivity (Wildman–Crippen MR) is 76.8 cm³/mol. The van der Waals surface area contributed by atoms with Crippen LogP contribution in [0.2, 0.25) is 0 Å². The molecule has 0 aromatic heterocycles. The van der Waals surface area contributed by atoms with E-state index in [9.17, 15) is 22.0 Å². The van der Waals surface area contributed by atoms with E-state index >= 15 is 0 Å². The molecule has 0 saturated carbocycles. The molecule has 0 aliphatic rings. The second-order valence-electron chi connectivity index (χ2n) is 4.33. The zero-order chi connectivity index (χ0) is 16.9. The minimum Gasteiger partial charge on any atom is -0.484 e. The molecule has 23 heavy (non-hydrogen) atoms. The second kappa shape index (κ2) is 7.16.